The smallest absolute Gasteiger partial charge is 0.872 e. The number of hydrogen-bond donors (Lipinski definition) is 1. The molecule has 0 atom stereocenters. The molecule has 2 aromatic carbocycles. The first-order valence-electron chi connectivity index (χ1n) is 9.46. The first kappa shape index (κ1) is 25.0. The van der Waals surface area contributed by atoms with Crippen LogP contribution in [0.4, 0.5) is 0 Å². The summed E-state index contributed by atoms with van der Waals surface area (Å²) in [5.41, 5.74) is 0.658. The van der Waals surface area contributed by atoms with Crippen LogP contribution < -0.4 is 39.4 Å². The molecule has 0 saturated heterocycles. The molecule has 0 aliphatic heterocycles. The molecule has 0 heterocycles. The molecule has 7 heteroatoms. The number of unbranched alkanes of at least 4 members (excludes halogenated alkanes) is 6. The van der Waals surface area contributed by atoms with Crippen molar-refractivity contribution in [2.45, 2.75) is 63.2 Å². The maximum atomic E-state index is 12.1. The van der Waals surface area contributed by atoms with Gasteiger partial charge in [0.1, 0.15) is 16.4 Å². The van der Waals surface area contributed by atoms with Gasteiger partial charge in [0, 0.05) is 0 Å². The first-order valence-corrected chi connectivity index (χ1v) is 10.9. The average Bonchev–Trinajstić information content (AvgIpc) is 2.63. The van der Waals surface area contributed by atoms with Crippen LogP contribution in [0.1, 0.15) is 57.4 Å². The Labute approximate surface area is 190 Å². The fraction of sp³-hybridized carbons (Fsp3) is 0.429. The number of rotatable bonds is 11. The zero-order chi connectivity index (χ0) is 19.7. The van der Waals surface area contributed by atoms with E-state index < -0.39 is 10.1 Å². The van der Waals surface area contributed by atoms with Crippen molar-refractivity contribution < 1.29 is 52.4 Å². The minimum Gasteiger partial charge on any atom is -0.872 e. The molecule has 0 amide bonds. The summed E-state index contributed by atoms with van der Waals surface area (Å²) in [4.78, 5) is -0.301. The molecule has 0 saturated carbocycles. The van der Waals surface area contributed by atoms with Gasteiger partial charge >= 0.3 is 29.6 Å². The topological polar surface area (TPSA) is 86.7 Å². The number of ether oxygens (including phenoxy) is 1. The van der Waals surface area contributed by atoms with Crippen LogP contribution in [0.2, 0.25) is 0 Å². The van der Waals surface area contributed by atoms with Gasteiger partial charge in [-0.25, -0.2) is 0 Å². The Morgan fingerprint density at radius 1 is 0.964 bits per heavy atom. The SMILES string of the molecule is CCCCCCCCCc1cc(Oc2ccccc2S(=O)(=O)O)ccc1[O-].[Na+]. The minimum atomic E-state index is -4.39. The third-order valence-electron chi connectivity index (χ3n) is 4.44. The molecule has 0 bridgehead atoms. The van der Waals surface area contributed by atoms with Crippen molar-refractivity contribution in [1.82, 2.24) is 0 Å². The van der Waals surface area contributed by atoms with Gasteiger partial charge in [-0.1, -0.05) is 69.2 Å². The van der Waals surface area contributed by atoms with Gasteiger partial charge in [0.05, 0.1) is 0 Å². The van der Waals surface area contributed by atoms with Crippen LogP contribution in [0.25, 0.3) is 0 Å². The molecule has 2 aromatic rings. The molecule has 0 fully saturated rings. The molecule has 28 heavy (non-hydrogen) atoms. The van der Waals surface area contributed by atoms with E-state index in [1.165, 1.54) is 62.4 Å². The Morgan fingerprint density at radius 2 is 1.61 bits per heavy atom. The largest absolute Gasteiger partial charge is 1.00 e. The molecule has 148 valence electrons. The van der Waals surface area contributed by atoms with Gasteiger partial charge in [0.2, 0.25) is 0 Å². The molecule has 0 spiro atoms. The zero-order valence-corrected chi connectivity index (χ0v) is 19.5. The second-order valence-electron chi connectivity index (χ2n) is 6.66. The summed E-state index contributed by atoms with van der Waals surface area (Å²) < 4.78 is 37.9. The molecule has 0 unspecified atom stereocenters. The molecule has 0 aliphatic carbocycles. The van der Waals surface area contributed by atoms with Crippen LogP contribution in [0.3, 0.4) is 0 Å². The average molecular weight is 414 g/mol. The van der Waals surface area contributed by atoms with Gasteiger partial charge in [0.25, 0.3) is 10.1 Å². The number of aryl methyl sites for hydroxylation is 1. The van der Waals surface area contributed by atoms with E-state index in [1.54, 1.807) is 12.1 Å². The van der Waals surface area contributed by atoms with E-state index >= 15 is 0 Å². The van der Waals surface area contributed by atoms with Crippen molar-refractivity contribution >= 4 is 10.1 Å². The maximum Gasteiger partial charge on any atom is 1.00 e. The standard InChI is InChI=1S/C21H28O5S.Na/c1-2-3-4-5-6-7-8-11-17-16-18(14-15-19(17)22)26-20-12-9-10-13-21(20)27(23,24)25;/h9-10,12-16,22H,2-8,11H2,1H3,(H,23,24,25);/q;+1/p-1. The summed E-state index contributed by atoms with van der Waals surface area (Å²) in [5, 5.41) is 12.1. The Balaban J connectivity index is 0.00000392. The third-order valence-corrected chi connectivity index (χ3v) is 5.33. The van der Waals surface area contributed by atoms with Crippen molar-refractivity contribution in [3.8, 4) is 17.2 Å². The number of para-hydroxylation sites is 1. The predicted octanol–water partition coefficient (Wildman–Crippen LogP) is 2.10. The molecule has 2 rings (SSSR count). The van der Waals surface area contributed by atoms with Gasteiger partial charge in [-0.05, 0) is 37.1 Å². The van der Waals surface area contributed by atoms with Crippen molar-refractivity contribution in [2.24, 2.45) is 0 Å². The maximum absolute atomic E-state index is 12.1. The zero-order valence-electron chi connectivity index (χ0n) is 16.7. The summed E-state index contributed by atoms with van der Waals surface area (Å²) >= 11 is 0. The van der Waals surface area contributed by atoms with E-state index in [9.17, 15) is 18.1 Å². The minimum absolute atomic E-state index is 0. The summed E-state index contributed by atoms with van der Waals surface area (Å²) in [7, 11) is -4.39. The van der Waals surface area contributed by atoms with Crippen molar-refractivity contribution in [2.75, 3.05) is 0 Å². The molecule has 5 nitrogen and oxygen atoms in total. The van der Waals surface area contributed by atoms with E-state index in [0.29, 0.717) is 17.7 Å². The van der Waals surface area contributed by atoms with E-state index in [-0.39, 0.29) is 46.0 Å². The quantitative estimate of drug-likeness (QED) is 0.346. The summed E-state index contributed by atoms with van der Waals surface area (Å²) in [5.74, 6) is 0.362. The van der Waals surface area contributed by atoms with Gasteiger partial charge in [0.15, 0.2) is 0 Å². The van der Waals surface area contributed by atoms with Crippen LogP contribution >= 0.6 is 0 Å². The predicted molar refractivity (Wildman–Crippen MR) is 104 cm³/mol. The van der Waals surface area contributed by atoms with Gasteiger partial charge in [-0.15, -0.1) is 5.75 Å². The Morgan fingerprint density at radius 3 is 2.29 bits per heavy atom. The van der Waals surface area contributed by atoms with Gasteiger partial charge in [-0.2, -0.15) is 8.42 Å². The van der Waals surface area contributed by atoms with E-state index in [2.05, 4.69) is 6.92 Å². The monoisotopic (exact) mass is 414 g/mol. The fourth-order valence-electron chi connectivity index (χ4n) is 2.96. The molecule has 0 aromatic heterocycles. The third kappa shape index (κ3) is 8.13. The van der Waals surface area contributed by atoms with E-state index in [0.717, 1.165) is 12.8 Å². The van der Waals surface area contributed by atoms with Crippen LogP contribution in [-0.4, -0.2) is 13.0 Å². The van der Waals surface area contributed by atoms with Crippen LogP contribution in [-0.2, 0) is 16.5 Å². The molecular formula is C21H27NaO5S. The van der Waals surface area contributed by atoms with E-state index in [1.807, 2.05) is 0 Å². The number of benzene rings is 2. The van der Waals surface area contributed by atoms with Crippen molar-refractivity contribution in [3.63, 3.8) is 0 Å². The van der Waals surface area contributed by atoms with Crippen molar-refractivity contribution in [1.29, 1.82) is 0 Å². The first-order chi connectivity index (χ1) is 12.9. The Hall–Kier alpha value is -1.05. The van der Waals surface area contributed by atoms with Gasteiger partial charge in [-0.3, -0.25) is 4.55 Å². The summed E-state index contributed by atoms with van der Waals surface area (Å²) in [6, 6.07) is 10.4. The Kier molecular flexibility index (Phi) is 11.2. The summed E-state index contributed by atoms with van der Waals surface area (Å²) in [6.07, 6.45) is 8.86. The van der Waals surface area contributed by atoms with Crippen molar-refractivity contribution in [3.05, 3.63) is 48.0 Å². The molecule has 0 radical (unpaired) electrons. The fourth-order valence-corrected chi connectivity index (χ4v) is 3.58. The molecular weight excluding hydrogens is 387 g/mol. The van der Waals surface area contributed by atoms with Crippen LogP contribution in [0, 0.1) is 0 Å². The van der Waals surface area contributed by atoms with Gasteiger partial charge < -0.3 is 9.84 Å². The van der Waals surface area contributed by atoms with E-state index in [4.69, 9.17) is 4.74 Å². The second-order valence-corrected chi connectivity index (χ2v) is 8.05. The molecule has 0 aliphatic rings. The van der Waals surface area contributed by atoms with Crippen LogP contribution in [0.15, 0.2) is 47.4 Å². The number of hydrogen-bond acceptors (Lipinski definition) is 4. The Bertz CT molecular complexity index is 836. The summed E-state index contributed by atoms with van der Waals surface area (Å²) in [6.45, 7) is 2.19. The van der Waals surface area contributed by atoms with Crippen LogP contribution in [0.5, 0.6) is 17.2 Å². The molecule has 1 N–H and O–H groups in total. The normalized spacial score (nSPS) is 11.1. The second kappa shape index (κ2) is 12.5.